The second-order valence-corrected chi connectivity index (χ2v) is 10.4. The molecule has 4 nitrogen and oxygen atoms in total. The Morgan fingerprint density at radius 1 is 0.971 bits per heavy atom. The number of alkyl halides is 3. The molecule has 0 aromatic heterocycles. The van der Waals surface area contributed by atoms with E-state index in [2.05, 4.69) is 32.7 Å². The van der Waals surface area contributed by atoms with Crippen molar-refractivity contribution in [2.24, 2.45) is 5.41 Å². The van der Waals surface area contributed by atoms with Crippen LogP contribution in [0.25, 0.3) is 10.8 Å². The minimum atomic E-state index is -4.63. The van der Waals surface area contributed by atoms with Gasteiger partial charge >= 0.3 is 6.36 Å². The van der Waals surface area contributed by atoms with Crippen molar-refractivity contribution in [3.8, 4) is 0 Å². The molecule has 1 saturated heterocycles. The molecule has 0 unspecified atom stereocenters. The van der Waals surface area contributed by atoms with E-state index in [9.17, 15) is 18.0 Å². The quantitative estimate of drug-likeness (QED) is 0.534. The Balaban J connectivity index is 1.19. The second-order valence-electron chi connectivity index (χ2n) is 10.4. The Labute approximate surface area is 203 Å². The van der Waals surface area contributed by atoms with Crippen molar-refractivity contribution in [3.63, 3.8) is 0 Å². The number of halogens is 3. The zero-order chi connectivity index (χ0) is 24.2. The first-order chi connectivity index (χ1) is 16.8. The first kappa shape index (κ1) is 22.7. The maximum Gasteiger partial charge on any atom is 0.572 e. The molecule has 6 rings (SSSR count). The molecule has 2 aromatic carbocycles. The van der Waals surface area contributed by atoms with Crippen molar-refractivity contribution < 1.29 is 22.7 Å². The number of ether oxygens (including phenoxy) is 1. The Morgan fingerprint density at radius 3 is 2.60 bits per heavy atom. The molecule has 7 heteroatoms. The van der Waals surface area contributed by atoms with Crippen LogP contribution in [0.4, 0.5) is 18.9 Å². The molecule has 184 valence electrons. The normalized spacial score (nSPS) is 22.1. The van der Waals surface area contributed by atoms with Crippen LogP contribution in [0.3, 0.4) is 0 Å². The van der Waals surface area contributed by atoms with Crippen LogP contribution in [0.5, 0.6) is 0 Å². The van der Waals surface area contributed by atoms with Crippen molar-refractivity contribution in [1.29, 1.82) is 0 Å². The summed E-state index contributed by atoms with van der Waals surface area (Å²) >= 11 is 0. The van der Waals surface area contributed by atoms with Crippen LogP contribution in [-0.2, 0) is 11.2 Å². The molecule has 4 aliphatic rings. The van der Waals surface area contributed by atoms with E-state index in [1.807, 2.05) is 18.2 Å². The molecule has 1 saturated carbocycles. The van der Waals surface area contributed by atoms with Gasteiger partial charge in [-0.25, -0.2) is 0 Å². The van der Waals surface area contributed by atoms with E-state index >= 15 is 0 Å². The van der Waals surface area contributed by atoms with Gasteiger partial charge in [0.1, 0.15) is 5.76 Å². The van der Waals surface area contributed by atoms with Crippen LogP contribution in [0.15, 0.2) is 53.8 Å². The summed E-state index contributed by atoms with van der Waals surface area (Å²) < 4.78 is 42.5. The number of hydrogen-bond donors (Lipinski definition) is 0. The number of benzene rings is 2. The third-order valence-electron chi connectivity index (χ3n) is 8.30. The van der Waals surface area contributed by atoms with Gasteiger partial charge in [0.2, 0.25) is 0 Å². The highest BCUT2D eigenvalue weighted by atomic mass is 19.4. The summed E-state index contributed by atoms with van der Waals surface area (Å²) in [5, 5.41) is 2.27. The fraction of sp³-hybridized carbons (Fsp3) is 0.464. The maximum atomic E-state index is 12.8. The van der Waals surface area contributed by atoms with E-state index in [0.717, 1.165) is 80.3 Å². The summed E-state index contributed by atoms with van der Waals surface area (Å²) in [5.41, 5.74) is 4.22. The molecule has 3 aliphatic carbocycles. The second kappa shape index (κ2) is 8.40. The predicted molar refractivity (Wildman–Crippen MR) is 129 cm³/mol. The summed E-state index contributed by atoms with van der Waals surface area (Å²) in [4.78, 5) is 17.3. The average Bonchev–Trinajstić information content (AvgIpc) is 2.96. The number of carbonyl (C=O) groups excluding carboxylic acids is 1. The highest BCUT2D eigenvalue weighted by molar-refractivity contribution is 6.17. The van der Waals surface area contributed by atoms with Crippen LogP contribution in [0, 0.1) is 5.41 Å². The summed E-state index contributed by atoms with van der Waals surface area (Å²) in [6.45, 7) is 4.47. The molecule has 0 atom stereocenters. The lowest BCUT2D eigenvalue weighted by Crippen LogP contribution is -2.40. The van der Waals surface area contributed by atoms with Crippen LogP contribution in [-0.4, -0.2) is 49.8 Å². The summed E-state index contributed by atoms with van der Waals surface area (Å²) in [6, 6.07) is 10.3. The van der Waals surface area contributed by atoms with Gasteiger partial charge in [-0.2, -0.15) is 0 Å². The Hall–Kier alpha value is -2.80. The average molecular weight is 483 g/mol. The van der Waals surface area contributed by atoms with E-state index in [-0.39, 0.29) is 17.0 Å². The van der Waals surface area contributed by atoms with Gasteiger partial charge in [0, 0.05) is 62.2 Å². The molecule has 0 N–H and O–H groups in total. The van der Waals surface area contributed by atoms with Crippen molar-refractivity contribution in [2.75, 3.05) is 37.6 Å². The first-order valence-corrected chi connectivity index (χ1v) is 12.5. The lowest BCUT2D eigenvalue weighted by molar-refractivity contribution is -0.307. The van der Waals surface area contributed by atoms with Crippen molar-refractivity contribution in [3.05, 3.63) is 64.9 Å². The van der Waals surface area contributed by atoms with E-state index in [0.29, 0.717) is 12.8 Å². The van der Waals surface area contributed by atoms with E-state index in [1.165, 1.54) is 17.3 Å². The van der Waals surface area contributed by atoms with Crippen LogP contribution >= 0.6 is 0 Å². The first-order valence-electron chi connectivity index (χ1n) is 12.5. The van der Waals surface area contributed by atoms with Gasteiger partial charge in [-0.15, -0.1) is 13.2 Å². The topological polar surface area (TPSA) is 32.8 Å². The lowest BCUT2D eigenvalue weighted by Gasteiger charge is -2.47. The van der Waals surface area contributed by atoms with Gasteiger partial charge in [-0.1, -0.05) is 36.8 Å². The van der Waals surface area contributed by atoms with Crippen molar-refractivity contribution in [1.82, 2.24) is 4.90 Å². The maximum absolute atomic E-state index is 12.8. The fourth-order valence-corrected chi connectivity index (χ4v) is 6.42. The number of allylic oxidation sites excluding steroid dienone is 3. The predicted octanol–water partition coefficient (Wildman–Crippen LogP) is 6.01. The molecule has 0 radical (unpaired) electrons. The summed E-state index contributed by atoms with van der Waals surface area (Å²) in [7, 11) is 0. The molecular weight excluding hydrogens is 453 g/mol. The van der Waals surface area contributed by atoms with Crippen LogP contribution in [0.1, 0.15) is 48.0 Å². The molecule has 1 aliphatic heterocycles. The zero-order valence-corrected chi connectivity index (χ0v) is 19.7. The SMILES string of the molecule is O=C1Cc2ccc(N3CCCN(CC4=CC=C(OC(F)(F)F)CC45CCC5)CC3)c3cccc1c23. The lowest BCUT2D eigenvalue weighted by atomic mass is 9.60. The monoisotopic (exact) mass is 482 g/mol. The van der Waals surface area contributed by atoms with Crippen LogP contribution < -0.4 is 4.90 Å². The standard InChI is InChI=1S/C28H29F3N2O2/c29-28(30,31)35-21-8-7-20(27(17-21)10-2-11-27)18-32-12-3-13-33(15-14-32)24-9-6-19-16-25(34)23-5-1-4-22(24)26(19)23/h1,4-9H,2-3,10-18H2. The molecule has 2 aromatic rings. The highest BCUT2D eigenvalue weighted by Gasteiger charge is 2.45. The van der Waals surface area contributed by atoms with Gasteiger partial charge < -0.3 is 9.64 Å². The minimum Gasteiger partial charge on any atom is -0.410 e. The van der Waals surface area contributed by atoms with E-state index in [4.69, 9.17) is 0 Å². The molecule has 0 bridgehead atoms. The van der Waals surface area contributed by atoms with Gasteiger partial charge in [0.25, 0.3) is 0 Å². The largest absolute Gasteiger partial charge is 0.572 e. The van der Waals surface area contributed by atoms with E-state index < -0.39 is 6.36 Å². The number of carbonyl (C=O) groups is 1. The van der Waals surface area contributed by atoms with E-state index in [1.54, 1.807) is 0 Å². The Morgan fingerprint density at radius 2 is 1.83 bits per heavy atom. The van der Waals surface area contributed by atoms with Crippen molar-refractivity contribution >= 4 is 22.2 Å². The smallest absolute Gasteiger partial charge is 0.410 e. The number of ketones is 1. The zero-order valence-electron chi connectivity index (χ0n) is 19.7. The molecule has 0 amide bonds. The van der Waals surface area contributed by atoms with Gasteiger partial charge in [0.05, 0.1) is 0 Å². The number of hydrogen-bond acceptors (Lipinski definition) is 4. The fourth-order valence-electron chi connectivity index (χ4n) is 6.42. The molecule has 1 heterocycles. The number of Topliss-reactive ketones (excluding diaryl/α,β-unsaturated/α-hetero) is 1. The van der Waals surface area contributed by atoms with Crippen molar-refractivity contribution in [2.45, 2.75) is 44.9 Å². The molecule has 2 fully saturated rings. The highest BCUT2D eigenvalue weighted by Crippen LogP contribution is 2.54. The molecule has 1 spiro atoms. The third kappa shape index (κ3) is 4.14. The van der Waals surface area contributed by atoms with Gasteiger partial charge in [-0.05, 0) is 53.3 Å². The number of rotatable bonds is 4. The Bertz CT molecular complexity index is 1240. The number of anilines is 1. The van der Waals surface area contributed by atoms with Crippen LogP contribution in [0.2, 0.25) is 0 Å². The Kier molecular flexibility index (Phi) is 5.44. The minimum absolute atomic E-state index is 0.0357. The number of nitrogens with zero attached hydrogens (tertiary/aromatic N) is 2. The molecule has 35 heavy (non-hydrogen) atoms. The summed E-state index contributed by atoms with van der Waals surface area (Å²) in [6.07, 6.45) is 3.53. The molecular formula is C28H29F3N2O2. The van der Waals surface area contributed by atoms with Gasteiger partial charge in [0.15, 0.2) is 5.78 Å². The summed E-state index contributed by atoms with van der Waals surface area (Å²) in [5.74, 6) is 0.238. The van der Waals surface area contributed by atoms with Gasteiger partial charge in [-0.3, -0.25) is 9.69 Å². The third-order valence-corrected chi connectivity index (χ3v) is 8.30.